The summed E-state index contributed by atoms with van der Waals surface area (Å²) < 4.78 is 35.7. The number of halogens is 1. The Hall–Kier alpha value is -4.28. The Bertz CT molecular complexity index is 1920. The lowest BCUT2D eigenvalue weighted by atomic mass is 9.91. The van der Waals surface area contributed by atoms with Crippen LogP contribution in [0.4, 0.5) is 10.2 Å². The van der Waals surface area contributed by atoms with Gasteiger partial charge in [-0.25, -0.2) is 14.2 Å². The lowest BCUT2D eigenvalue weighted by molar-refractivity contribution is -0.160. The number of rotatable bonds is 4. The summed E-state index contributed by atoms with van der Waals surface area (Å²) in [6.07, 6.45) is 4.53. The Morgan fingerprint density at radius 2 is 1.82 bits per heavy atom. The molecule has 7 rings (SSSR count). The summed E-state index contributed by atoms with van der Waals surface area (Å²) >= 11 is 0. The zero-order valence-electron chi connectivity index (χ0n) is 30.1. The van der Waals surface area contributed by atoms with Gasteiger partial charge in [0.05, 0.1) is 28.6 Å². The molecule has 50 heavy (non-hydrogen) atoms. The summed E-state index contributed by atoms with van der Waals surface area (Å²) in [6.45, 7) is 14.7. The number of aromatic nitrogens is 2. The fourth-order valence-corrected chi connectivity index (χ4v) is 7.24. The molecular formula is C40H48FN3O6. The Balaban J connectivity index is 1.61. The van der Waals surface area contributed by atoms with Gasteiger partial charge in [-0.05, 0) is 116 Å². The van der Waals surface area contributed by atoms with Gasteiger partial charge in [0.1, 0.15) is 23.0 Å². The summed E-state index contributed by atoms with van der Waals surface area (Å²) in [5.74, 6) is -0.506. The number of hydrogen-bond donors (Lipinski definition) is 1. The number of aliphatic carboxylic acids is 1. The van der Waals surface area contributed by atoms with Gasteiger partial charge in [-0.3, -0.25) is 9.20 Å². The maximum absolute atomic E-state index is 14.7. The van der Waals surface area contributed by atoms with Crippen LogP contribution in [0.1, 0.15) is 101 Å². The number of carboxylic acids is 1. The number of fused-ring (bicyclic) bond motifs is 8. The number of anilines is 1. The fourth-order valence-electron chi connectivity index (χ4n) is 7.24. The van der Waals surface area contributed by atoms with Crippen LogP contribution in [0.3, 0.4) is 0 Å². The minimum atomic E-state index is -1.34. The summed E-state index contributed by atoms with van der Waals surface area (Å²) in [6, 6.07) is 12.2. The molecule has 1 N–H and O–H groups in total. The van der Waals surface area contributed by atoms with Crippen LogP contribution in [0.5, 0.6) is 5.75 Å². The van der Waals surface area contributed by atoms with Crippen molar-refractivity contribution < 1.29 is 33.3 Å². The highest BCUT2D eigenvalue weighted by molar-refractivity contribution is 6.03. The van der Waals surface area contributed by atoms with Crippen molar-refractivity contribution in [2.75, 3.05) is 24.6 Å². The molecule has 3 aliphatic rings. The van der Waals surface area contributed by atoms with Crippen LogP contribution in [0.25, 0.3) is 28.0 Å². The van der Waals surface area contributed by atoms with Crippen LogP contribution in [-0.2, 0) is 14.3 Å². The van der Waals surface area contributed by atoms with Gasteiger partial charge in [-0.2, -0.15) is 0 Å². The number of ether oxygens (including phenoxy) is 3. The third-order valence-corrected chi connectivity index (χ3v) is 9.80. The third-order valence-electron chi connectivity index (χ3n) is 9.80. The fraction of sp³-hybridized carbons (Fsp3) is 0.475. The van der Waals surface area contributed by atoms with Crippen molar-refractivity contribution in [1.29, 1.82) is 0 Å². The standard InChI is InChI=1S/C40H48FN3O6/c1-24-11-8-9-20-48-40(7)16-18-43(19-17-40)37-34(35(38(46)47)50-39(4,5)6)25(2)33(26(3)45)36-42-31(23-44(36)37)28-13-10-12-27(21-28)30-22-29(41)14-15-32(30)49-24/h10,12-15,21-24,35H,8-9,11,16-20H2,1-7H3,(H,46,47)/t24-,35-/m0/s1. The summed E-state index contributed by atoms with van der Waals surface area (Å²) in [7, 11) is 0. The number of piperidine rings is 1. The molecule has 6 bridgehead atoms. The molecule has 3 aliphatic heterocycles. The number of carbonyl (C=O) groups is 2. The van der Waals surface area contributed by atoms with E-state index in [-0.39, 0.29) is 23.3 Å². The van der Waals surface area contributed by atoms with E-state index in [1.807, 2.05) is 62.6 Å². The highest BCUT2D eigenvalue weighted by atomic mass is 19.1. The van der Waals surface area contributed by atoms with Crippen LogP contribution < -0.4 is 9.64 Å². The van der Waals surface area contributed by atoms with Gasteiger partial charge in [-0.1, -0.05) is 18.2 Å². The summed E-state index contributed by atoms with van der Waals surface area (Å²) in [5, 5.41) is 10.6. The Labute approximate surface area is 293 Å². The van der Waals surface area contributed by atoms with Crippen molar-refractivity contribution in [3.63, 3.8) is 0 Å². The van der Waals surface area contributed by atoms with E-state index in [0.717, 1.165) is 43.2 Å². The second kappa shape index (κ2) is 13.8. The van der Waals surface area contributed by atoms with Gasteiger partial charge >= 0.3 is 5.97 Å². The van der Waals surface area contributed by atoms with Crippen LogP contribution >= 0.6 is 0 Å². The van der Waals surface area contributed by atoms with E-state index < -0.39 is 17.7 Å². The first-order chi connectivity index (χ1) is 23.6. The van der Waals surface area contributed by atoms with Crippen LogP contribution in [0.15, 0.2) is 48.7 Å². The van der Waals surface area contributed by atoms with E-state index >= 15 is 0 Å². The normalized spacial score (nSPS) is 20.7. The summed E-state index contributed by atoms with van der Waals surface area (Å²) in [4.78, 5) is 33.7. The molecular weight excluding hydrogens is 637 g/mol. The largest absolute Gasteiger partial charge is 0.490 e. The second-order valence-electron chi connectivity index (χ2n) is 15.0. The first-order valence-electron chi connectivity index (χ1n) is 17.6. The van der Waals surface area contributed by atoms with Crippen molar-refractivity contribution in [3.8, 4) is 28.1 Å². The molecule has 4 aromatic rings. The number of hydrogen-bond acceptors (Lipinski definition) is 7. The third kappa shape index (κ3) is 7.28. The van der Waals surface area contributed by atoms with Crippen molar-refractivity contribution in [2.45, 2.75) is 104 Å². The van der Waals surface area contributed by atoms with E-state index in [0.29, 0.717) is 64.9 Å². The minimum Gasteiger partial charge on any atom is -0.490 e. The highest BCUT2D eigenvalue weighted by Crippen LogP contribution is 2.42. The average molecular weight is 686 g/mol. The quantitative estimate of drug-likeness (QED) is 0.213. The number of ketones is 1. The molecule has 9 nitrogen and oxygen atoms in total. The van der Waals surface area contributed by atoms with Crippen LogP contribution in [0.2, 0.25) is 0 Å². The molecule has 0 unspecified atom stereocenters. The smallest absolute Gasteiger partial charge is 0.337 e. The Morgan fingerprint density at radius 1 is 1.10 bits per heavy atom. The molecule has 1 saturated heterocycles. The molecule has 2 atom stereocenters. The van der Waals surface area contributed by atoms with E-state index in [2.05, 4.69) is 11.8 Å². The van der Waals surface area contributed by atoms with Gasteiger partial charge in [0.15, 0.2) is 11.9 Å². The molecule has 10 heteroatoms. The topological polar surface area (TPSA) is 103 Å². The van der Waals surface area contributed by atoms with Gasteiger partial charge in [0.25, 0.3) is 0 Å². The molecule has 0 saturated carbocycles. The first kappa shape index (κ1) is 35.5. The number of Topliss-reactive ketones (excluding diaryl/α,β-unsaturated/α-hetero) is 1. The number of carbonyl (C=O) groups excluding carboxylic acids is 1. The van der Waals surface area contributed by atoms with Gasteiger partial charge < -0.3 is 24.2 Å². The van der Waals surface area contributed by atoms with Crippen LogP contribution in [-0.4, -0.2) is 63.2 Å². The Kier molecular flexibility index (Phi) is 9.81. The number of imidazole rings is 1. The average Bonchev–Trinajstić information content (AvgIpc) is 3.48. The predicted octanol–water partition coefficient (Wildman–Crippen LogP) is 8.59. The van der Waals surface area contributed by atoms with Crippen molar-refractivity contribution in [2.24, 2.45) is 0 Å². The molecule has 1 fully saturated rings. The number of nitrogens with zero attached hydrogens (tertiary/aromatic N) is 3. The molecule has 2 aromatic heterocycles. The molecule has 0 aliphatic carbocycles. The molecule has 0 radical (unpaired) electrons. The van der Waals surface area contributed by atoms with E-state index in [1.54, 1.807) is 13.0 Å². The van der Waals surface area contributed by atoms with Crippen molar-refractivity contribution >= 4 is 23.2 Å². The monoisotopic (exact) mass is 685 g/mol. The molecule has 266 valence electrons. The zero-order valence-corrected chi connectivity index (χ0v) is 30.1. The van der Waals surface area contributed by atoms with Crippen molar-refractivity contribution in [1.82, 2.24) is 9.38 Å². The number of benzene rings is 2. The van der Waals surface area contributed by atoms with E-state index in [1.165, 1.54) is 19.1 Å². The van der Waals surface area contributed by atoms with Crippen LogP contribution in [0, 0.1) is 12.7 Å². The zero-order chi connectivity index (χ0) is 36.0. The molecule has 0 spiro atoms. The predicted molar refractivity (Wildman–Crippen MR) is 192 cm³/mol. The molecule has 2 aromatic carbocycles. The number of carboxylic acid groups (broad SMARTS) is 1. The van der Waals surface area contributed by atoms with Crippen molar-refractivity contribution in [3.05, 3.63) is 71.2 Å². The highest BCUT2D eigenvalue weighted by Gasteiger charge is 2.38. The molecule has 5 heterocycles. The van der Waals surface area contributed by atoms with E-state index in [4.69, 9.17) is 19.2 Å². The lowest BCUT2D eigenvalue weighted by Gasteiger charge is -2.42. The second-order valence-corrected chi connectivity index (χ2v) is 15.0. The lowest BCUT2D eigenvalue weighted by Crippen LogP contribution is -2.45. The first-order valence-corrected chi connectivity index (χ1v) is 17.6. The van der Waals surface area contributed by atoms with Gasteiger partial charge in [0, 0.05) is 42.6 Å². The van der Waals surface area contributed by atoms with E-state index in [9.17, 15) is 19.1 Å². The number of pyridine rings is 1. The molecule has 0 amide bonds. The SMILES string of the molecule is CC(=O)c1c(C)c([C@H](OC(C)(C)C)C(=O)O)c2n3cc(nc13)-c1cccc(c1)-c1cc(F)ccc1O[C@@H](C)CCCCOC1(C)CCN2CC1. The minimum absolute atomic E-state index is 0.0806. The maximum atomic E-state index is 14.7. The van der Waals surface area contributed by atoms with Gasteiger partial charge in [0.2, 0.25) is 0 Å². The summed E-state index contributed by atoms with van der Waals surface area (Å²) in [5.41, 5.74) is 3.34. The Morgan fingerprint density at radius 3 is 2.50 bits per heavy atom. The maximum Gasteiger partial charge on any atom is 0.337 e. The van der Waals surface area contributed by atoms with Gasteiger partial charge in [-0.15, -0.1) is 0 Å².